The number of rotatable bonds is 5. The Morgan fingerprint density at radius 3 is 2.95 bits per heavy atom. The molecule has 0 bridgehead atoms. The molecule has 2 rings (SSSR count). The molecule has 0 saturated carbocycles. The van der Waals surface area contributed by atoms with E-state index < -0.39 is 0 Å². The van der Waals surface area contributed by atoms with Crippen LogP contribution in [0.2, 0.25) is 0 Å². The fourth-order valence-corrected chi connectivity index (χ4v) is 2.92. The van der Waals surface area contributed by atoms with Gasteiger partial charge in [-0.3, -0.25) is 0 Å². The van der Waals surface area contributed by atoms with Crippen LogP contribution in [0.25, 0.3) is 0 Å². The maximum atomic E-state index is 5.44. The van der Waals surface area contributed by atoms with Gasteiger partial charge in [0.15, 0.2) is 0 Å². The van der Waals surface area contributed by atoms with E-state index in [1.165, 1.54) is 44.1 Å². The summed E-state index contributed by atoms with van der Waals surface area (Å²) in [7, 11) is 1.70. The summed E-state index contributed by atoms with van der Waals surface area (Å²) in [4.78, 5) is 4.35. The largest absolute Gasteiger partial charge is 0.481 e. The van der Waals surface area contributed by atoms with Crippen LogP contribution in [0.5, 0.6) is 5.88 Å². The fraction of sp³-hybridized carbons (Fsp3) is 0.588. The van der Waals surface area contributed by atoms with Crippen molar-refractivity contribution in [2.24, 2.45) is 0 Å². The van der Waals surface area contributed by atoms with Crippen LogP contribution >= 0.6 is 0 Å². The van der Waals surface area contributed by atoms with E-state index in [0.29, 0.717) is 0 Å². The molecule has 1 N–H and O–H groups in total. The van der Waals surface area contributed by atoms with Crippen LogP contribution in [0, 0.1) is 0 Å². The number of methoxy groups -OCH3 is 1. The SMILES string of the molecule is CCNC(/C1=C/CCCCCC1)c1cccnc1OC. The highest BCUT2D eigenvalue weighted by molar-refractivity contribution is 5.35. The first-order valence-corrected chi connectivity index (χ1v) is 7.78. The highest BCUT2D eigenvalue weighted by Gasteiger charge is 2.20. The lowest BCUT2D eigenvalue weighted by molar-refractivity contribution is 0.386. The zero-order valence-corrected chi connectivity index (χ0v) is 12.7. The van der Waals surface area contributed by atoms with Crippen LogP contribution in [0.1, 0.15) is 57.1 Å². The van der Waals surface area contributed by atoms with E-state index in [2.05, 4.69) is 29.4 Å². The molecule has 1 aliphatic rings. The van der Waals surface area contributed by atoms with Crippen molar-refractivity contribution in [1.29, 1.82) is 0 Å². The van der Waals surface area contributed by atoms with Crippen LogP contribution in [0.4, 0.5) is 0 Å². The van der Waals surface area contributed by atoms with Crippen molar-refractivity contribution in [2.45, 2.75) is 51.5 Å². The molecule has 1 unspecified atom stereocenters. The lowest BCUT2D eigenvalue weighted by Crippen LogP contribution is -2.24. The molecule has 1 heterocycles. The third kappa shape index (κ3) is 3.83. The summed E-state index contributed by atoms with van der Waals surface area (Å²) >= 11 is 0. The van der Waals surface area contributed by atoms with Gasteiger partial charge in [-0.2, -0.15) is 0 Å². The molecule has 1 aromatic heterocycles. The second-order valence-electron chi connectivity index (χ2n) is 5.32. The monoisotopic (exact) mass is 274 g/mol. The van der Waals surface area contributed by atoms with Crippen LogP contribution in [0.3, 0.4) is 0 Å². The second-order valence-corrected chi connectivity index (χ2v) is 5.32. The summed E-state index contributed by atoms with van der Waals surface area (Å²) < 4.78 is 5.44. The Balaban J connectivity index is 2.29. The van der Waals surface area contributed by atoms with Crippen LogP contribution in [0.15, 0.2) is 30.0 Å². The third-order valence-electron chi connectivity index (χ3n) is 3.91. The van der Waals surface area contributed by atoms with Gasteiger partial charge >= 0.3 is 0 Å². The molecule has 110 valence electrons. The second kappa shape index (κ2) is 8.05. The predicted molar refractivity (Wildman–Crippen MR) is 83.0 cm³/mol. The van der Waals surface area contributed by atoms with E-state index >= 15 is 0 Å². The molecule has 0 spiro atoms. The van der Waals surface area contributed by atoms with Gasteiger partial charge in [0, 0.05) is 11.8 Å². The molecular formula is C17H26N2O. The Hall–Kier alpha value is -1.35. The Bertz CT molecular complexity index is 442. The highest BCUT2D eigenvalue weighted by atomic mass is 16.5. The van der Waals surface area contributed by atoms with Gasteiger partial charge in [0.05, 0.1) is 13.2 Å². The molecule has 0 saturated heterocycles. The number of hydrogen-bond donors (Lipinski definition) is 1. The minimum Gasteiger partial charge on any atom is -0.481 e. The Kier molecular flexibility index (Phi) is 6.06. The van der Waals surface area contributed by atoms with Gasteiger partial charge in [-0.1, -0.05) is 37.5 Å². The summed E-state index contributed by atoms with van der Waals surface area (Å²) in [5, 5.41) is 3.60. The first-order chi connectivity index (χ1) is 9.86. The summed E-state index contributed by atoms with van der Waals surface area (Å²) in [6, 6.07) is 4.35. The minimum atomic E-state index is 0.238. The molecule has 3 heteroatoms. The number of ether oxygens (including phenoxy) is 1. The van der Waals surface area contributed by atoms with Gasteiger partial charge in [-0.25, -0.2) is 4.98 Å². The summed E-state index contributed by atoms with van der Waals surface area (Å²) in [5.41, 5.74) is 2.65. The van der Waals surface area contributed by atoms with Gasteiger partial charge in [0.2, 0.25) is 5.88 Å². The molecule has 3 nitrogen and oxygen atoms in total. The summed E-state index contributed by atoms with van der Waals surface area (Å²) in [6.45, 7) is 3.10. The molecule has 0 radical (unpaired) electrons. The first kappa shape index (κ1) is 15.0. The van der Waals surface area contributed by atoms with Crippen molar-refractivity contribution >= 4 is 0 Å². The Labute approximate surface area is 122 Å². The molecule has 0 aliphatic heterocycles. The normalized spacial score (nSPS) is 20.4. The lowest BCUT2D eigenvalue weighted by Gasteiger charge is -2.24. The van der Waals surface area contributed by atoms with Crippen LogP contribution < -0.4 is 10.1 Å². The van der Waals surface area contributed by atoms with E-state index in [-0.39, 0.29) is 6.04 Å². The zero-order chi connectivity index (χ0) is 14.2. The average molecular weight is 274 g/mol. The average Bonchev–Trinajstić information content (AvgIpc) is 2.45. The number of nitrogens with one attached hydrogen (secondary N) is 1. The fourth-order valence-electron chi connectivity index (χ4n) is 2.92. The van der Waals surface area contributed by atoms with Gasteiger partial charge < -0.3 is 10.1 Å². The molecule has 0 amide bonds. The molecule has 20 heavy (non-hydrogen) atoms. The predicted octanol–water partition coefficient (Wildman–Crippen LogP) is 4.02. The van der Waals surface area contributed by atoms with Crippen molar-refractivity contribution in [1.82, 2.24) is 10.3 Å². The summed E-state index contributed by atoms with van der Waals surface area (Å²) in [5.74, 6) is 0.737. The number of aromatic nitrogens is 1. The van der Waals surface area contributed by atoms with E-state index in [1.54, 1.807) is 13.3 Å². The van der Waals surface area contributed by atoms with Gasteiger partial charge in [-0.15, -0.1) is 0 Å². The van der Waals surface area contributed by atoms with Crippen molar-refractivity contribution in [3.05, 3.63) is 35.5 Å². The number of nitrogens with zero attached hydrogens (tertiary/aromatic N) is 1. The number of likely N-dealkylation sites (N-methyl/N-ethyl adjacent to an activating group) is 1. The van der Waals surface area contributed by atoms with Gasteiger partial charge in [-0.05, 0) is 38.3 Å². The van der Waals surface area contributed by atoms with E-state index in [1.807, 2.05) is 6.07 Å². The van der Waals surface area contributed by atoms with Crippen molar-refractivity contribution in [2.75, 3.05) is 13.7 Å². The molecule has 1 atom stereocenters. The smallest absolute Gasteiger partial charge is 0.218 e. The number of hydrogen-bond acceptors (Lipinski definition) is 3. The topological polar surface area (TPSA) is 34.2 Å². The Morgan fingerprint density at radius 1 is 1.30 bits per heavy atom. The molecule has 0 aromatic carbocycles. The lowest BCUT2D eigenvalue weighted by atomic mass is 9.91. The van der Waals surface area contributed by atoms with Crippen molar-refractivity contribution < 1.29 is 4.74 Å². The molecule has 1 aliphatic carbocycles. The highest BCUT2D eigenvalue weighted by Crippen LogP contribution is 2.32. The van der Waals surface area contributed by atoms with E-state index in [4.69, 9.17) is 4.74 Å². The number of allylic oxidation sites excluding steroid dienone is 1. The molecular weight excluding hydrogens is 248 g/mol. The van der Waals surface area contributed by atoms with E-state index in [9.17, 15) is 0 Å². The van der Waals surface area contributed by atoms with Crippen LogP contribution in [-0.4, -0.2) is 18.6 Å². The third-order valence-corrected chi connectivity index (χ3v) is 3.91. The van der Waals surface area contributed by atoms with Crippen LogP contribution in [-0.2, 0) is 0 Å². The summed E-state index contributed by atoms with van der Waals surface area (Å²) in [6.07, 6.45) is 11.9. The molecule has 0 fully saturated rings. The zero-order valence-electron chi connectivity index (χ0n) is 12.7. The first-order valence-electron chi connectivity index (χ1n) is 7.78. The van der Waals surface area contributed by atoms with E-state index in [0.717, 1.165) is 18.0 Å². The van der Waals surface area contributed by atoms with Crippen molar-refractivity contribution in [3.63, 3.8) is 0 Å². The van der Waals surface area contributed by atoms with Gasteiger partial charge in [0.25, 0.3) is 0 Å². The maximum absolute atomic E-state index is 5.44. The van der Waals surface area contributed by atoms with Gasteiger partial charge in [0.1, 0.15) is 0 Å². The van der Waals surface area contributed by atoms with Crippen molar-refractivity contribution in [3.8, 4) is 5.88 Å². The Morgan fingerprint density at radius 2 is 2.15 bits per heavy atom. The minimum absolute atomic E-state index is 0.238. The standard InChI is InChI=1S/C17H26N2O/c1-3-18-16(14-10-7-5-4-6-8-11-14)15-12-9-13-19-17(15)20-2/h9-10,12-13,16,18H,3-8,11H2,1-2H3/b14-10+. The quantitative estimate of drug-likeness (QED) is 0.823. The molecule has 1 aromatic rings. The number of pyridine rings is 1. The maximum Gasteiger partial charge on any atom is 0.218 e.